The molecule has 1 unspecified atom stereocenters. The molecule has 1 fully saturated rings. The van der Waals surface area contributed by atoms with Crippen LogP contribution in [0.25, 0.3) is 0 Å². The first-order valence-electron chi connectivity index (χ1n) is 6.37. The highest BCUT2D eigenvalue weighted by Gasteiger charge is 2.32. The van der Waals surface area contributed by atoms with Gasteiger partial charge in [-0.3, -0.25) is 0 Å². The first kappa shape index (κ1) is 12.4. The number of anilines is 1. The van der Waals surface area contributed by atoms with Gasteiger partial charge in [0.1, 0.15) is 16.8 Å². The van der Waals surface area contributed by atoms with E-state index >= 15 is 0 Å². The van der Waals surface area contributed by atoms with Gasteiger partial charge in [0.2, 0.25) is 0 Å². The normalized spacial score (nSPS) is 16.1. The highest BCUT2D eigenvalue weighted by molar-refractivity contribution is 6.29. The molecule has 1 aliphatic rings. The topological polar surface area (TPSA) is 24.9 Å². The van der Waals surface area contributed by atoms with E-state index in [0.717, 1.165) is 11.4 Å². The Morgan fingerprint density at radius 1 is 1.16 bits per heavy atom. The Morgan fingerprint density at radius 2 is 1.89 bits per heavy atom. The molecular weight excluding hydrogens is 263 g/mol. The molecular formula is C15H14ClFN2. The lowest BCUT2D eigenvalue weighted by Gasteiger charge is -2.19. The van der Waals surface area contributed by atoms with E-state index in [0.29, 0.717) is 11.1 Å². The lowest BCUT2D eigenvalue weighted by molar-refractivity contribution is 0.622. The summed E-state index contributed by atoms with van der Waals surface area (Å²) in [5.41, 5.74) is 1.09. The van der Waals surface area contributed by atoms with Crippen LogP contribution in [0.15, 0.2) is 42.5 Å². The Balaban J connectivity index is 1.83. The number of halogens is 2. The summed E-state index contributed by atoms with van der Waals surface area (Å²) in [7, 11) is 0. The van der Waals surface area contributed by atoms with Crippen LogP contribution in [0.1, 0.15) is 24.4 Å². The van der Waals surface area contributed by atoms with Crippen molar-refractivity contribution in [2.45, 2.75) is 18.9 Å². The highest BCUT2D eigenvalue weighted by Crippen LogP contribution is 2.42. The fraction of sp³-hybridized carbons (Fsp3) is 0.267. The van der Waals surface area contributed by atoms with Crippen LogP contribution in [0.3, 0.4) is 0 Å². The highest BCUT2D eigenvalue weighted by atomic mass is 35.5. The standard InChI is InChI=1S/C15H14ClFN2/c16-13-2-1-3-14(18-13)19-15(10-4-5-10)11-6-8-12(17)9-7-11/h1-3,6-10,15H,4-5H2,(H,18,19). The third-order valence-corrected chi connectivity index (χ3v) is 3.55. The Hall–Kier alpha value is -1.61. The Morgan fingerprint density at radius 3 is 2.53 bits per heavy atom. The lowest BCUT2D eigenvalue weighted by Crippen LogP contribution is -2.13. The molecule has 1 saturated carbocycles. The number of aromatic nitrogens is 1. The fourth-order valence-electron chi connectivity index (χ4n) is 2.22. The van der Waals surface area contributed by atoms with Gasteiger partial charge in [-0.15, -0.1) is 0 Å². The number of nitrogens with zero attached hydrogens (tertiary/aromatic N) is 1. The maximum atomic E-state index is 13.0. The van der Waals surface area contributed by atoms with Crippen molar-refractivity contribution in [2.75, 3.05) is 5.32 Å². The summed E-state index contributed by atoms with van der Waals surface area (Å²) < 4.78 is 13.0. The van der Waals surface area contributed by atoms with Gasteiger partial charge in [0.05, 0.1) is 6.04 Å². The third kappa shape index (κ3) is 3.04. The van der Waals surface area contributed by atoms with Gasteiger partial charge in [0.15, 0.2) is 0 Å². The smallest absolute Gasteiger partial charge is 0.131 e. The zero-order chi connectivity index (χ0) is 13.2. The monoisotopic (exact) mass is 276 g/mol. The van der Waals surface area contributed by atoms with Gasteiger partial charge in [-0.1, -0.05) is 29.8 Å². The van der Waals surface area contributed by atoms with Crippen molar-refractivity contribution in [2.24, 2.45) is 5.92 Å². The molecule has 0 spiro atoms. The summed E-state index contributed by atoms with van der Waals surface area (Å²) >= 11 is 5.89. The van der Waals surface area contributed by atoms with E-state index in [1.807, 2.05) is 24.3 Å². The molecule has 2 aromatic rings. The second-order valence-electron chi connectivity index (χ2n) is 4.86. The van der Waals surface area contributed by atoms with Gasteiger partial charge >= 0.3 is 0 Å². The predicted molar refractivity (Wildman–Crippen MR) is 74.7 cm³/mol. The molecule has 1 atom stereocenters. The zero-order valence-electron chi connectivity index (χ0n) is 10.3. The summed E-state index contributed by atoms with van der Waals surface area (Å²) in [5, 5.41) is 3.87. The molecule has 1 aromatic carbocycles. The maximum Gasteiger partial charge on any atom is 0.131 e. The molecule has 1 aliphatic carbocycles. The molecule has 19 heavy (non-hydrogen) atoms. The first-order valence-corrected chi connectivity index (χ1v) is 6.75. The second kappa shape index (κ2) is 5.17. The SMILES string of the molecule is Fc1ccc(C(Nc2cccc(Cl)n2)C2CC2)cc1. The number of rotatable bonds is 4. The second-order valence-corrected chi connectivity index (χ2v) is 5.24. The van der Waals surface area contributed by atoms with E-state index in [1.54, 1.807) is 6.07 Å². The minimum Gasteiger partial charge on any atom is -0.363 e. The van der Waals surface area contributed by atoms with Crippen molar-refractivity contribution < 1.29 is 4.39 Å². The van der Waals surface area contributed by atoms with Crippen molar-refractivity contribution in [3.05, 3.63) is 59.0 Å². The van der Waals surface area contributed by atoms with Gasteiger partial charge in [-0.2, -0.15) is 0 Å². The van der Waals surface area contributed by atoms with Crippen LogP contribution in [0.2, 0.25) is 5.15 Å². The van der Waals surface area contributed by atoms with Gasteiger partial charge in [0.25, 0.3) is 0 Å². The van der Waals surface area contributed by atoms with Gasteiger partial charge < -0.3 is 5.32 Å². The van der Waals surface area contributed by atoms with Crippen molar-refractivity contribution in [1.82, 2.24) is 4.98 Å². The van der Waals surface area contributed by atoms with E-state index in [1.165, 1.54) is 25.0 Å². The zero-order valence-corrected chi connectivity index (χ0v) is 11.1. The first-order chi connectivity index (χ1) is 9.22. The number of benzene rings is 1. The maximum absolute atomic E-state index is 13.0. The molecule has 0 saturated heterocycles. The summed E-state index contributed by atoms with van der Waals surface area (Å²) in [5.74, 6) is 1.14. The van der Waals surface area contributed by atoms with E-state index in [2.05, 4.69) is 10.3 Å². The molecule has 1 aromatic heterocycles. The van der Waals surface area contributed by atoms with Crippen LogP contribution in [-0.2, 0) is 0 Å². The van der Waals surface area contributed by atoms with Crippen LogP contribution in [0.4, 0.5) is 10.2 Å². The molecule has 0 amide bonds. The number of nitrogens with one attached hydrogen (secondary N) is 1. The number of hydrogen-bond acceptors (Lipinski definition) is 2. The van der Waals surface area contributed by atoms with Gasteiger partial charge in [-0.05, 0) is 48.6 Å². The molecule has 98 valence electrons. The number of hydrogen-bond donors (Lipinski definition) is 1. The van der Waals surface area contributed by atoms with Crippen LogP contribution in [0.5, 0.6) is 0 Å². The average molecular weight is 277 g/mol. The largest absolute Gasteiger partial charge is 0.363 e. The Labute approximate surface area is 116 Å². The summed E-state index contributed by atoms with van der Waals surface area (Å²) in [4.78, 5) is 4.25. The summed E-state index contributed by atoms with van der Waals surface area (Å²) in [6, 6.07) is 12.3. The summed E-state index contributed by atoms with van der Waals surface area (Å²) in [6.45, 7) is 0. The fourth-order valence-corrected chi connectivity index (χ4v) is 2.38. The predicted octanol–water partition coefficient (Wildman–Crippen LogP) is 4.44. The molecule has 2 nitrogen and oxygen atoms in total. The third-order valence-electron chi connectivity index (χ3n) is 3.34. The lowest BCUT2D eigenvalue weighted by atomic mass is 10.0. The molecule has 0 bridgehead atoms. The molecule has 3 rings (SSSR count). The Bertz CT molecular complexity index is 567. The van der Waals surface area contributed by atoms with Gasteiger partial charge in [0, 0.05) is 0 Å². The minimum atomic E-state index is -0.209. The number of pyridine rings is 1. The molecule has 4 heteroatoms. The average Bonchev–Trinajstić information content (AvgIpc) is 3.22. The van der Waals surface area contributed by atoms with E-state index < -0.39 is 0 Å². The van der Waals surface area contributed by atoms with E-state index in [4.69, 9.17) is 11.6 Å². The van der Waals surface area contributed by atoms with E-state index in [9.17, 15) is 4.39 Å². The van der Waals surface area contributed by atoms with Crippen molar-refractivity contribution in [1.29, 1.82) is 0 Å². The molecule has 1 heterocycles. The van der Waals surface area contributed by atoms with Crippen LogP contribution in [-0.4, -0.2) is 4.98 Å². The van der Waals surface area contributed by atoms with Crippen LogP contribution < -0.4 is 5.32 Å². The van der Waals surface area contributed by atoms with Crippen molar-refractivity contribution >= 4 is 17.4 Å². The minimum absolute atomic E-state index is 0.173. The van der Waals surface area contributed by atoms with Crippen molar-refractivity contribution in [3.8, 4) is 0 Å². The van der Waals surface area contributed by atoms with E-state index in [-0.39, 0.29) is 11.9 Å². The Kier molecular flexibility index (Phi) is 3.38. The summed E-state index contributed by atoms with van der Waals surface area (Å²) in [6.07, 6.45) is 2.38. The van der Waals surface area contributed by atoms with Crippen molar-refractivity contribution in [3.63, 3.8) is 0 Å². The van der Waals surface area contributed by atoms with Crippen LogP contribution >= 0.6 is 11.6 Å². The van der Waals surface area contributed by atoms with Crippen LogP contribution in [0, 0.1) is 11.7 Å². The molecule has 1 N–H and O–H groups in total. The molecule has 0 radical (unpaired) electrons. The quantitative estimate of drug-likeness (QED) is 0.835. The van der Waals surface area contributed by atoms with Gasteiger partial charge in [-0.25, -0.2) is 9.37 Å². The molecule has 0 aliphatic heterocycles.